The van der Waals surface area contributed by atoms with Crippen LogP contribution in [-0.2, 0) is 17.6 Å². The third kappa shape index (κ3) is 7.57. The number of allylic oxidation sites excluding steroid dienone is 2. The molecule has 4 nitrogen and oxygen atoms in total. The number of carbonyl (C=O) groups is 1. The number of aromatic hydroxyl groups is 3. The predicted molar refractivity (Wildman–Crippen MR) is 100 cm³/mol. The van der Waals surface area contributed by atoms with Gasteiger partial charge in [-0.1, -0.05) is 38.1 Å². The first-order valence-corrected chi connectivity index (χ1v) is 8.53. The average molecular weight is 342 g/mol. The number of ketones is 1. The van der Waals surface area contributed by atoms with E-state index < -0.39 is 0 Å². The molecule has 4 heteroatoms. The van der Waals surface area contributed by atoms with E-state index >= 15 is 0 Å². The summed E-state index contributed by atoms with van der Waals surface area (Å²) >= 11 is 0. The van der Waals surface area contributed by atoms with E-state index in [-0.39, 0.29) is 23.0 Å². The van der Waals surface area contributed by atoms with Gasteiger partial charge in [0.15, 0.2) is 17.3 Å². The first-order chi connectivity index (χ1) is 12.0. The van der Waals surface area contributed by atoms with Gasteiger partial charge in [0.1, 0.15) is 5.75 Å². The van der Waals surface area contributed by atoms with Crippen molar-refractivity contribution in [2.45, 2.75) is 39.5 Å². The molecular weight excluding hydrogens is 316 g/mol. The first kappa shape index (κ1) is 20.3. The first-order valence-electron chi connectivity index (χ1n) is 8.53. The topological polar surface area (TPSA) is 77.8 Å². The van der Waals surface area contributed by atoms with E-state index in [1.807, 2.05) is 32.1 Å². The van der Waals surface area contributed by atoms with Crippen molar-refractivity contribution >= 4 is 5.78 Å². The number of benzene rings is 2. The van der Waals surface area contributed by atoms with Crippen molar-refractivity contribution in [3.05, 3.63) is 65.7 Å². The molecule has 0 saturated carbocycles. The van der Waals surface area contributed by atoms with Crippen molar-refractivity contribution in [1.82, 2.24) is 0 Å². The SMILES string of the molecule is CC.O=C(/C=C/CCc1ccc(O)cc1)CCc1ccc(O)c(O)c1. The summed E-state index contributed by atoms with van der Waals surface area (Å²) in [6, 6.07) is 11.6. The summed E-state index contributed by atoms with van der Waals surface area (Å²) in [6.45, 7) is 4.00. The molecule has 25 heavy (non-hydrogen) atoms. The standard InChI is InChI=1S/C19H20O4.C2H6/c20-16(11-7-15-8-12-18(22)19(23)13-15)4-2-1-3-14-5-9-17(21)10-6-14;1-2/h2,4-6,8-10,12-13,21-23H,1,3,7,11H2;1-2H3/b4-2+;. The Morgan fingerprint density at radius 2 is 1.52 bits per heavy atom. The van der Waals surface area contributed by atoms with Gasteiger partial charge < -0.3 is 15.3 Å². The highest BCUT2D eigenvalue weighted by Crippen LogP contribution is 2.25. The van der Waals surface area contributed by atoms with Crippen LogP contribution in [0.3, 0.4) is 0 Å². The number of hydrogen-bond acceptors (Lipinski definition) is 4. The van der Waals surface area contributed by atoms with Gasteiger partial charge in [-0.2, -0.15) is 0 Å². The van der Waals surface area contributed by atoms with Gasteiger partial charge in [0, 0.05) is 6.42 Å². The molecule has 0 saturated heterocycles. The number of phenolic OH excluding ortho intramolecular Hbond substituents is 3. The van der Waals surface area contributed by atoms with E-state index in [2.05, 4.69) is 0 Å². The lowest BCUT2D eigenvalue weighted by Gasteiger charge is -2.02. The largest absolute Gasteiger partial charge is 0.508 e. The minimum Gasteiger partial charge on any atom is -0.508 e. The van der Waals surface area contributed by atoms with Gasteiger partial charge in [0.2, 0.25) is 0 Å². The molecule has 0 unspecified atom stereocenters. The van der Waals surface area contributed by atoms with Crippen molar-refractivity contribution in [1.29, 1.82) is 0 Å². The number of phenols is 3. The van der Waals surface area contributed by atoms with Crippen LogP contribution in [-0.4, -0.2) is 21.1 Å². The third-order valence-electron chi connectivity index (χ3n) is 3.54. The van der Waals surface area contributed by atoms with Crippen molar-refractivity contribution in [2.24, 2.45) is 0 Å². The van der Waals surface area contributed by atoms with E-state index in [9.17, 15) is 20.1 Å². The van der Waals surface area contributed by atoms with Crippen LogP contribution in [0.25, 0.3) is 0 Å². The molecule has 0 aliphatic carbocycles. The van der Waals surface area contributed by atoms with Crippen LogP contribution in [0, 0.1) is 0 Å². The van der Waals surface area contributed by atoms with Gasteiger partial charge in [0.25, 0.3) is 0 Å². The minimum absolute atomic E-state index is 0.0308. The lowest BCUT2D eigenvalue weighted by molar-refractivity contribution is -0.114. The Balaban J connectivity index is 0.00000151. The molecule has 0 amide bonds. The second-order valence-corrected chi connectivity index (χ2v) is 5.40. The van der Waals surface area contributed by atoms with E-state index in [0.29, 0.717) is 12.8 Å². The van der Waals surface area contributed by atoms with Crippen LogP contribution < -0.4 is 0 Å². The number of aryl methyl sites for hydroxylation is 2. The highest BCUT2D eigenvalue weighted by molar-refractivity contribution is 5.89. The molecule has 0 bridgehead atoms. The fourth-order valence-electron chi connectivity index (χ4n) is 2.20. The summed E-state index contributed by atoms with van der Waals surface area (Å²) in [5, 5.41) is 27.8. The zero-order valence-electron chi connectivity index (χ0n) is 14.8. The summed E-state index contributed by atoms with van der Waals surface area (Å²) < 4.78 is 0. The van der Waals surface area contributed by atoms with Crippen LogP contribution in [0.15, 0.2) is 54.6 Å². The molecule has 2 aromatic carbocycles. The molecule has 0 aromatic heterocycles. The molecule has 0 heterocycles. The van der Waals surface area contributed by atoms with Gasteiger partial charge in [-0.25, -0.2) is 0 Å². The van der Waals surface area contributed by atoms with Crippen LogP contribution in [0.2, 0.25) is 0 Å². The van der Waals surface area contributed by atoms with Crippen molar-refractivity contribution in [3.63, 3.8) is 0 Å². The van der Waals surface area contributed by atoms with Gasteiger partial charge in [0.05, 0.1) is 0 Å². The van der Waals surface area contributed by atoms with Crippen LogP contribution >= 0.6 is 0 Å². The Bertz CT molecular complexity index is 688. The monoisotopic (exact) mass is 342 g/mol. The Hall–Kier alpha value is -2.75. The van der Waals surface area contributed by atoms with Gasteiger partial charge in [-0.15, -0.1) is 0 Å². The van der Waals surface area contributed by atoms with Crippen LogP contribution in [0.5, 0.6) is 17.2 Å². The van der Waals surface area contributed by atoms with Gasteiger partial charge in [-0.3, -0.25) is 4.79 Å². The molecule has 2 aromatic rings. The van der Waals surface area contributed by atoms with Crippen molar-refractivity contribution in [3.8, 4) is 17.2 Å². The second kappa shape index (κ2) is 10.9. The maximum Gasteiger partial charge on any atom is 0.157 e. The molecule has 0 aliphatic rings. The fourth-order valence-corrected chi connectivity index (χ4v) is 2.20. The molecule has 2 rings (SSSR count). The van der Waals surface area contributed by atoms with E-state index in [4.69, 9.17) is 0 Å². The highest BCUT2D eigenvalue weighted by atomic mass is 16.3. The maximum absolute atomic E-state index is 11.8. The predicted octanol–water partition coefficient (Wildman–Crippen LogP) is 4.52. The number of hydrogen-bond donors (Lipinski definition) is 3. The Kier molecular flexibility index (Phi) is 8.86. The van der Waals surface area contributed by atoms with Crippen LogP contribution in [0.4, 0.5) is 0 Å². The zero-order valence-corrected chi connectivity index (χ0v) is 14.8. The van der Waals surface area contributed by atoms with Crippen molar-refractivity contribution < 1.29 is 20.1 Å². The highest BCUT2D eigenvalue weighted by Gasteiger charge is 2.03. The minimum atomic E-state index is -0.167. The Labute approximate surface area is 149 Å². The van der Waals surface area contributed by atoms with Gasteiger partial charge >= 0.3 is 0 Å². The summed E-state index contributed by atoms with van der Waals surface area (Å²) in [7, 11) is 0. The second-order valence-electron chi connectivity index (χ2n) is 5.40. The summed E-state index contributed by atoms with van der Waals surface area (Å²) in [5.74, 6) is -0.0448. The molecule has 0 aliphatic heterocycles. The van der Waals surface area contributed by atoms with Crippen LogP contribution in [0.1, 0.15) is 37.8 Å². The molecule has 0 spiro atoms. The smallest absolute Gasteiger partial charge is 0.157 e. The fraction of sp³-hybridized carbons (Fsp3) is 0.286. The van der Waals surface area contributed by atoms with Gasteiger partial charge in [-0.05, 0) is 60.7 Å². The molecule has 0 fully saturated rings. The normalized spacial score (nSPS) is 10.3. The summed E-state index contributed by atoms with van der Waals surface area (Å²) in [5.41, 5.74) is 1.92. The molecule has 3 N–H and O–H groups in total. The molecular formula is C21H26O4. The summed E-state index contributed by atoms with van der Waals surface area (Å²) in [6.07, 6.45) is 5.89. The number of carbonyl (C=O) groups excluding carboxylic acids is 1. The molecule has 0 atom stereocenters. The zero-order chi connectivity index (χ0) is 18.7. The Morgan fingerprint density at radius 1 is 0.880 bits per heavy atom. The lowest BCUT2D eigenvalue weighted by atomic mass is 10.1. The lowest BCUT2D eigenvalue weighted by Crippen LogP contribution is -1.96. The molecule has 0 radical (unpaired) electrons. The van der Waals surface area contributed by atoms with Crippen molar-refractivity contribution in [2.75, 3.05) is 0 Å². The maximum atomic E-state index is 11.8. The average Bonchev–Trinajstić information content (AvgIpc) is 2.63. The molecule has 134 valence electrons. The summed E-state index contributed by atoms with van der Waals surface area (Å²) in [4.78, 5) is 11.8. The Morgan fingerprint density at radius 3 is 2.16 bits per heavy atom. The quantitative estimate of drug-likeness (QED) is 0.511. The number of rotatable bonds is 7. The van der Waals surface area contributed by atoms with E-state index in [0.717, 1.165) is 24.0 Å². The van der Waals surface area contributed by atoms with E-state index in [1.165, 1.54) is 12.1 Å². The third-order valence-corrected chi connectivity index (χ3v) is 3.54. The van der Waals surface area contributed by atoms with E-state index in [1.54, 1.807) is 24.3 Å².